The molecule has 1 aromatic heterocycles. The summed E-state index contributed by atoms with van der Waals surface area (Å²) in [6.07, 6.45) is 18.4. The van der Waals surface area contributed by atoms with E-state index < -0.39 is 30.9 Å². The molecule has 2 aliphatic rings. The average Bonchev–Trinajstić information content (AvgIpc) is 3.17. The van der Waals surface area contributed by atoms with E-state index in [1.807, 2.05) is 44.2 Å². The molecule has 0 spiro atoms. The Morgan fingerprint density at radius 2 is 1.77 bits per heavy atom. The zero-order valence-electron chi connectivity index (χ0n) is 29.9. The van der Waals surface area contributed by atoms with Crippen LogP contribution in [0.2, 0.25) is 0 Å². The van der Waals surface area contributed by atoms with Crippen LogP contribution < -0.4 is 15.4 Å². The van der Waals surface area contributed by atoms with Crippen LogP contribution in [0, 0.1) is 5.92 Å². The molecule has 1 aliphatic carbocycles. The maximum Gasteiger partial charge on any atom is 0.618 e. The van der Waals surface area contributed by atoms with Crippen molar-refractivity contribution in [2.45, 2.75) is 38.7 Å². The zero-order chi connectivity index (χ0) is 37.7. The summed E-state index contributed by atoms with van der Waals surface area (Å²) in [7, 11) is 1.93. The first-order chi connectivity index (χ1) is 25.6. The highest BCUT2D eigenvalue weighted by molar-refractivity contribution is 6.48. The monoisotopic (exact) mass is 716 g/mol. The highest BCUT2D eigenvalue weighted by Gasteiger charge is 2.40. The number of hydrogen-bond acceptors (Lipinski definition) is 10. The molecule has 0 unspecified atom stereocenters. The highest BCUT2D eigenvalue weighted by atomic mass is 16.6. The largest absolute Gasteiger partial charge is 0.618 e. The second-order valence-electron chi connectivity index (χ2n) is 12.6. The third-order valence-corrected chi connectivity index (χ3v) is 8.14. The Labute approximate surface area is 308 Å². The summed E-state index contributed by atoms with van der Waals surface area (Å²) in [6, 6.07) is 13.4. The Bertz CT molecular complexity index is 1970. The maximum absolute atomic E-state index is 14.1. The van der Waals surface area contributed by atoms with Crippen molar-refractivity contribution < 1.29 is 38.3 Å². The third kappa shape index (κ3) is 10.8. The highest BCUT2D eigenvalue weighted by Crippen LogP contribution is 2.28. The number of rotatable bonds is 14. The van der Waals surface area contributed by atoms with Crippen LogP contribution in [0.25, 0.3) is 6.08 Å². The number of ketones is 1. The van der Waals surface area contributed by atoms with E-state index >= 15 is 0 Å². The summed E-state index contributed by atoms with van der Waals surface area (Å²) in [5.41, 5.74) is 2.37. The molecular weight excluding hydrogens is 675 g/mol. The van der Waals surface area contributed by atoms with Gasteiger partial charge in [0.1, 0.15) is 23.3 Å². The van der Waals surface area contributed by atoms with Gasteiger partial charge in [-0.25, -0.2) is 4.98 Å². The van der Waals surface area contributed by atoms with Gasteiger partial charge in [0.15, 0.2) is 17.3 Å². The van der Waals surface area contributed by atoms with Crippen molar-refractivity contribution in [3.05, 3.63) is 149 Å². The summed E-state index contributed by atoms with van der Waals surface area (Å²) in [5, 5.41) is 16.0. The minimum atomic E-state index is -0.980. The van der Waals surface area contributed by atoms with Gasteiger partial charge in [-0.05, 0) is 65.5 Å². The molecule has 5 rings (SSSR count). The molecule has 2 aromatic carbocycles. The summed E-state index contributed by atoms with van der Waals surface area (Å²) < 4.78 is 23.2. The lowest BCUT2D eigenvalue weighted by Gasteiger charge is -2.31. The van der Waals surface area contributed by atoms with E-state index in [2.05, 4.69) is 20.6 Å². The molecule has 53 heavy (non-hydrogen) atoms. The topological polar surface area (TPSA) is 158 Å². The Balaban J connectivity index is 1.45. The first-order valence-electron chi connectivity index (χ1n) is 17.0. The van der Waals surface area contributed by atoms with Crippen molar-refractivity contribution in [2.24, 2.45) is 5.92 Å². The van der Waals surface area contributed by atoms with Crippen molar-refractivity contribution in [3.63, 3.8) is 0 Å². The second-order valence-corrected chi connectivity index (χ2v) is 12.6. The predicted molar refractivity (Wildman–Crippen MR) is 200 cm³/mol. The number of nitrogens with one attached hydrogen (secondary N) is 2. The molecule has 0 saturated carbocycles. The number of carbonyl (C=O) groups excluding carboxylic acids is 3. The van der Waals surface area contributed by atoms with Crippen LogP contribution in [0.3, 0.4) is 0 Å². The van der Waals surface area contributed by atoms with Crippen LogP contribution in [0.4, 0.5) is 0 Å². The average molecular weight is 717 g/mol. The maximum atomic E-state index is 14.1. The number of phenols is 1. The fourth-order valence-electron chi connectivity index (χ4n) is 5.52. The Kier molecular flexibility index (Phi) is 13.0. The van der Waals surface area contributed by atoms with Gasteiger partial charge in [-0.3, -0.25) is 19.4 Å². The van der Waals surface area contributed by atoms with Crippen LogP contribution in [-0.4, -0.2) is 66.0 Å². The van der Waals surface area contributed by atoms with E-state index in [-0.39, 0.29) is 35.3 Å². The number of methoxy groups -OCH3 is 2. The normalized spacial score (nSPS) is 16.8. The second kappa shape index (κ2) is 18.2. The fraction of sp³-hybridized carbons (Fsp3) is 0.225. The summed E-state index contributed by atoms with van der Waals surface area (Å²) in [6.45, 7) is 4.04. The molecule has 0 saturated heterocycles. The number of hydrogen-bond donors (Lipinski definition) is 3. The number of carbonyl (C=O) groups is 3. The Hall–Kier alpha value is -6.37. The van der Waals surface area contributed by atoms with Gasteiger partial charge in [0, 0.05) is 24.9 Å². The number of allylic oxidation sites excluding steroid dienone is 8. The van der Waals surface area contributed by atoms with E-state index in [0.29, 0.717) is 29.3 Å². The standard InChI is InChI=1S/C40H41BN4O8/c1-26(2)20-38(45-39(48)32(21-27-8-6-5-7-9-27)44-40(49)33-25-42-18-19-43-33)41-52-30(14-10-28-12-16-34(46)36(22-28)50-3)24-31(53-41)15-11-29-13-17-35(47)37(23-29)51-4/h5-19,22-26,32,38,46H,20-21H2,1-4H3,(H,44,49)(H,45,48)/b14-10+,29-11+,31-15-/t32-,38-/m0/s1. The number of aromatic hydroxyl groups is 1. The molecule has 2 heterocycles. The van der Waals surface area contributed by atoms with Gasteiger partial charge in [-0.2, -0.15) is 0 Å². The number of ether oxygens (including phenoxy) is 2. The minimum Gasteiger partial charge on any atom is -0.524 e. The van der Waals surface area contributed by atoms with Gasteiger partial charge in [0.2, 0.25) is 11.7 Å². The molecule has 2 atom stereocenters. The first-order valence-corrected chi connectivity index (χ1v) is 17.0. The lowest BCUT2D eigenvalue weighted by Crippen LogP contribution is -2.56. The van der Waals surface area contributed by atoms with Gasteiger partial charge in [-0.15, -0.1) is 0 Å². The van der Waals surface area contributed by atoms with Crippen molar-refractivity contribution in [1.82, 2.24) is 20.6 Å². The number of nitrogens with zero attached hydrogens (tertiary/aromatic N) is 2. The van der Waals surface area contributed by atoms with Crippen LogP contribution in [-0.2, 0) is 30.1 Å². The SMILES string of the molecule is COC1=C/C(=C/C=C2C=C(/C=C/c3ccc(O)c(OC)c3)OB([C@H](CC(C)C)NC(=O)[C@H](Cc3ccccc3)NC(=O)c3cnccn3)O/2)C=CC1=O. The zero-order valence-corrected chi connectivity index (χ0v) is 29.9. The lowest BCUT2D eigenvalue weighted by atomic mass is 9.72. The van der Waals surface area contributed by atoms with Crippen LogP contribution in [0.5, 0.6) is 11.5 Å². The van der Waals surface area contributed by atoms with Crippen molar-refractivity contribution in [1.29, 1.82) is 0 Å². The van der Waals surface area contributed by atoms with Crippen LogP contribution >= 0.6 is 0 Å². The molecule has 12 nitrogen and oxygen atoms in total. The molecule has 13 heteroatoms. The lowest BCUT2D eigenvalue weighted by molar-refractivity contribution is -0.123. The van der Waals surface area contributed by atoms with E-state index in [1.54, 1.807) is 54.7 Å². The van der Waals surface area contributed by atoms with E-state index in [1.165, 1.54) is 45.0 Å². The quantitative estimate of drug-likeness (QED) is 0.189. The van der Waals surface area contributed by atoms with Gasteiger partial charge in [-0.1, -0.05) is 68.5 Å². The Morgan fingerprint density at radius 1 is 0.962 bits per heavy atom. The number of phenolic OH excluding ortho intramolecular Hbond substituents is 1. The summed E-state index contributed by atoms with van der Waals surface area (Å²) >= 11 is 0. The first kappa shape index (κ1) is 37.9. The minimum absolute atomic E-state index is 0.0133. The van der Waals surface area contributed by atoms with Crippen LogP contribution in [0.1, 0.15) is 41.9 Å². The van der Waals surface area contributed by atoms with Gasteiger partial charge < -0.3 is 34.5 Å². The van der Waals surface area contributed by atoms with Crippen molar-refractivity contribution in [2.75, 3.05) is 14.2 Å². The summed E-state index contributed by atoms with van der Waals surface area (Å²) in [4.78, 5) is 47.4. The van der Waals surface area contributed by atoms with Gasteiger partial charge in [0.25, 0.3) is 5.91 Å². The molecule has 2 amide bonds. The van der Waals surface area contributed by atoms with Gasteiger partial charge in [0.05, 0.1) is 26.4 Å². The smallest absolute Gasteiger partial charge is 0.524 e. The van der Waals surface area contributed by atoms with E-state index in [4.69, 9.17) is 18.8 Å². The molecule has 0 radical (unpaired) electrons. The number of aromatic nitrogens is 2. The molecule has 3 N–H and O–H groups in total. The van der Waals surface area contributed by atoms with E-state index in [0.717, 1.165) is 11.1 Å². The summed E-state index contributed by atoms with van der Waals surface area (Å²) in [5.74, 6) is -0.362. The number of amides is 2. The molecule has 1 aliphatic heterocycles. The van der Waals surface area contributed by atoms with E-state index in [9.17, 15) is 19.5 Å². The van der Waals surface area contributed by atoms with Gasteiger partial charge >= 0.3 is 7.12 Å². The van der Waals surface area contributed by atoms with Crippen molar-refractivity contribution >= 4 is 30.8 Å². The molecule has 3 aromatic rings. The molecule has 272 valence electrons. The predicted octanol–water partition coefficient (Wildman–Crippen LogP) is 5.21. The number of benzene rings is 2. The molecule has 0 fully saturated rings. The Morgan fingerprint density at radius 3 is 2.49 bits per heavy atom. The van der Waals surface area contributed by atoms with Crippen LogP contribution in [0.15, 0.2) is 133 Å². The third-order valence-electron chi connectivity index (χ3n) is 8.14. The molecular formula is C40H41BN4O8. The fourth-order valence-corrected chi connectivity index (χ4v) is 5.52. The van der Waals surface area contributed by atoms with Crippen molar-refractivity contribution in [3.8, 4) is 11.5 Å². The molecule has 0 bridgehead atoms.